The Morgan fingerprint density at radius 1 is 1.47 bits per heavy atom. The minimum absolute atomic E-state index is 0.201. The van der Waals surface area contributed by atoms with Crippen LogP contribution in [-0.2, 0) is 6.54 Å². The van der Waals surface area contributed by atoms with Crippen LogP contribution in [0.4, 0.5) is 0 Å². The molecule has 19 heavy (non-hydrogen) atoms. The van der Waals surface area contributed by atoms with Crippen LogP contribution in [0.5, 0.6) is 0 Å². The number of unbranched alkanes of at least 4 members (excludes halogenated alkanes) is 2. The van der Waals surface area contributed by atoms with Gasteiger partial charge in [0, 0.05) is 6.54 Å². The second kappa shape index (κ2) is 5.47. The highest BCUT2D eigenvalue weighted by Gasteiger charge is 2.14. The van der Waals surface area contributed by atoms with Gasteiger partial charge in [0.15, 0.2) is 15.9 Å². The smallest absolute Gasteiger partial charge is 0.299 e. The van der Waals surface area contributed by atoms with E-state index in [4.69, 9.17) is 11.7 Å². The SMILES string of the molecule is CCCCCn1/c(=N/N)n(N)c(=O)c2[nH]c(Br)nc21. The van der Waals surface area contributed by atoms with Gasteiger partial charge in [-0.05, 0) is 22.4 Å². The van der Waals surface area contributed by atoms with E-state index in [0.29, 0.717) is 22.4 Å². The number of imidazole rings is 1. The normalized spacial score (nSPS) is 12.4. The van der Waals surface area contributed by atoms with Crippen molar-refractivity contribution in [1.82, 2.24) is 19.2 Å². The number of nitrogens with two attached hydrogens (primary N) is 2. The van der Waals surface area contributed by atoms with Crippen molar-refractivity contribution in [3.8, 4) is 0 Å². The Labute approximate surface area is 117 Å². The van der Waals surface area contributed by atoms with Gasteiger partial charge in [0.1, 0.15) is 0 Å². The summed E-state index contributed by atoms with van der Waals surface area (Å²) in [5.74, 6) is 11.1. The number of fused-ring (bicyclic) bond motifs is 1. The number of H-pyrrole nitrogens is 1. The molecule has 2 heterocycles. The van der Waals surface area contributed by atoms with Crippen LogP contribution in [0.1, 0.15) is 26.2 Å². The third kappa shape index (κ3) is 2.37. The van der Waals surface area contributed by atoms with Gasteiger partial charge in [-0.1, -0.05) is 19.8 Å². The first-order valence-electron chi connectivity index (χ1n) is 6.00. The van der Waals surface area contributed by atoms with Crippen molar-refractivity contribution in [2.45, 2.75) is 32.7 Å². The lowest BCUT2D eigenvalue weighted by Crippen LogP contribution is -2.46. The van der Waals surface area contributed by atoms with Gasteiger partial charge in [-0.25, -0.2) is 4.98 Å². The molecule has 0 fully saturated rings. The van der Waals surface area contributed by atoms with Crippen LogP contribution in [0.25, 0.3) is 11.2 Å². The average molecular weight is 330 g/mol. The molecule has 0 aliphatic rings. The Morgan fingerprint density at radius 3 is 2.84 bits per heavy atom. The fraction of sp³-hybridized carbons (Fsp3) is 0.500. The van der Waals surface area contributed by atoms with Crippen LogP contribution in [0, 0.1) is 0 Å². The number of aryl methyl sites for hydroxylation is 1. The maximum Gasteiger partial charge on any atom is 0.299 e. The largest absolute Gasteiger partial charge is 0.333 e. The molecule has 0 saturated heterocycles. The van der Waals surface area contributed by atoms with E-state index < -0.39 is 5.56 Å². The second-order valence-corrected chi connectivity index (χ2v) is 4.94. The molecule has 0 atom stereocenters. The number of halogens is 1. The number of aromatic amines is 1. The predicted octanol–water partition coefficient (Wildman–Crippen LogP) is -0.0330. The Bertz CT molecular complexity index is 711. The summed E-state index contributed by atoms with van der Waals surface area (Å²) in [4.78, 5) is 19.1. The zero-order valence-corrected chi connectivity index (χ0v) is 12.1. The van der Waals surface area contributed by atoms with Crippen molar-refractivity contribution >= 4 is 27.1 Å². The summed E-state index contributed by atoms with van der Waals surface area (Å²) in [6, 6.07) is 0. The third-order valence-electron chi connectivity index (χ3n) is 2.90. The van der Waals surface area contributed by atoms with Crippen LogP contribution in [0.15, 0.2) is 14.6 Å². The summed E-state index contributed by atoms with van der Waals surface area (Å²) >= 11 is 3.22. The number of nitrogens with one attached hydrogen (secondary N) is 1. The molecule has 0 aromatic carbocycles. The maximum absolute atomic E-state index is 12.0. The van der Waals surface area contributed by atoms with E-state index in [1.54, 1.807) is 4.57 Å². The first-order chi connectivity index (χ1) is 9.10. The quantitative estimate of drug-likeness (QED) is 0.315. The monoisotopic (exact) mass is 329 g/mol. The molecule has 2 aromatic heterocycles. The summed E-state index contributed by atoms with van der Waals surface area (Å²) in [5, 5.41) is 3.60. The lowest BCUT2D eigenvalue weighted by Gasteiger charge is -2.10. The fourth-order valence-electron chi connectivity index (χ4n) is 1.97. The second-order valence-electron chi connectivity index (χ2n) is 4.19. The molecule has 0 bridgehead atoms. The average Bonchev–Trinajstić information content (AvgIpc) is 2.78. The number of nitrogens with zero attached hydrogens (tertiary/aromatic N) is 4. The maximum atomic E-state index is 12.0. The van der Waals surface area contributed by atoms with Gasteiger partial charge in [0.05, 0.1) is 0 Å². The van der Waals surface area contributed by atoms with E-state index in [1.807, 2.05) is 0 Å². The van der Waals surface area contributed by atoms with Gasteiger partial charge in [0.2, 0.25) is 5.62 Å². The summed E-state index contributed by atoms with van der Waals surface area (Å²) in [6.07, 6.45) is 3.08. The van der Waals surface area contributed by atoms with E-state index in [-0.39, 0.29) is 5.62 Å². The fourth-order valence-corrected chi connectivity index (χ4v) is 2.34. The Kier molecular flexibility index (Phi) is 3.93. The van der Waals surface area contributed by atoms with Gasteiger partial charge in [-0.3, -0.25) is 9.36 Å². The van der Waals surface area contributed by atoms with E-state index in [9.17, 15) is 4.79 Å². The van der Waals surface area contributed by atoms with Crippen LogP contribution < -0.4 is 22.9 Å². The minimum Gasteiger partial charge on any atom is -0.333 e. The van der Waals surface area contributed by atoms with Gasteiger partial charge in [0.25, 0.3) is 5.56 Å². The molecule has 104 valence electrons. The lowest BCUT2D eigenvalue weighted by atomic mass is 10.2. The summed E-state index contributed by atoms with van der Waals surface area (Å²) in [7, 11) is 0. The first-order valence-corrected chi connectivity index (χ1v) is 6.79. The van der Waals surface area contributed by atoms with Gasteiger partial charge in [-0.15, -0.1) is 5.10 Å². The number of rotatable bonds is 4. The molecule has 8 nitrogen and oxygen atoms in total. The number of hydrogen-bond donors (Lipinski definition) is 3. The third-order valence-corrected chi connectivity index (χ3v) is 3.28. The van der Waals surface area contributed by atoms with Crippen molar-refractivity contribution in [2.75, 3.05) is 5.84 Å². The standard InChI is InChI=1S/C10H16BrN7O/c1-2-3-4-5-17-7-6(14-9(11)15-7)8(19)18(13)10(17)16-12/h2-5,12-13H2,1H3,(H,14,15)/b16-10-. The molecule has 0 amide bonds. The van der Waals surface area contributed by atoms with Gasteiger partial charge in [-0.2, -0.15) is 4.68 Å². The molecule has 0 spiro atoms. The summed E-state index contributed by atoms with van der Waals surface area (Å²) in [5.41, 5.74) is 0.619. The van der Waals surface area contributed by atoms with Crippen LogP contribution in [0.2, 0.25) is 0 Å². The summed E-state index contributed by atoms with van der Waals surface area (Å²) < 4.78 is 3.14. The topological polar surface area (TPSA) is 120 Å². The zero-order valence-electron chi connectivity index (χ0n) is 10.6. The Hall–Kier alpha value is -1.77. The molecule has 0 radical (unpaired) electrons. The molecule has 2 rings (SSSR count). The number of aromatic nitrogens is 4. The minimum atomic E-state index is -0.413. The molecule has 9 heteroatoms. The van der Waals surface area contributed by atoms with E-state index in [1.165, 1.54) is 0 Å². The number of hydrogen-bond acceptors (Lipinski definition) is 5. The molecule has 0 saturated carbocycles. The van der Waals surface area contributed by atoms with Crippen LogP contribution >= 0.6 is 15.9 Å². The van der Waals surface area contributed by atoms with Gasteiger partial charge >= 0.3 is 0 Å². The van der Waals surface area contributed by atoms with Crippen LogP contribution in [0.3, 0.4) is 0 Å². The highest BCUT2D eigenvalue weighted by atomic mass is 79.9. The Morgan fingerprint density at radius 2 is 2.21 bits per heavy atom. The van der Waals surface area contributed by atoms with Crippen molar-refractivity contribution < 1.29 is 0 Å². The molecule has 0 unspecified atom stereocenters. The lowest BCUT2D eigenvalue weighted by molar-refractivity contribution is 0.559. The predicted molar refractivity (Wildman–Crippen MR) is 75.5 cm³/mol. The first kappa shape index (κ1) is 13.7. The molecular weight excluding hydrogens is 314 g/mol. The van der Waals surface area contributed by atoms with Crippen molar-refractivity contribution in [2.24, 2.45) is 10.9 Å². The van der Waals surface area contributed by atoms with Gasteiger partial charge < -0.3 is 16.7 Å². The Balaban J connectivity index is 2.71. The van der Waals surface area contributed by atoms with Crippen LogP contribution in [-0.4, -0.2) is 19.2 Å². The number of nitrogen functional groups attached to an aromatic ring is 1. The molecular formula is C10H16BrN7O. The van der Waals surface area contributed by atoms with Crippen molar-refractivity contribution in [3.05, 3.63) is 20.7 Å². The van der Waals surface area contributed by atoms with E-state index >= 15 is 0 Å². The zero-order chi connectivity index (χ0) is 14.0. The van der Waals surface area contributed by atoms with E-state index in [2.05, 4.69) is 37.9 Å². The molecule has 5 N–H and O–H groups in total. The molecule has 0 aliphatic carbocycles. The summed E-state index contributed by atoms with van der Waals surface area (Å²) in [6.45, 7) is 2.76. The molecule has 0 aliphatic heterocycles. The molecule has 2 aromatic rings. The highest BCUT2D eigenvalue weighted by molar-refractivity contribution is 9.10. The van der Waals surface area contributed by atoms with Crippen molar-refractivity contribution in [3.63, 3.8) is 0 Å². The highest BCUT2D eigenvalue weighted by Crippen LogP contribution is 2.10. The van der Waals surface area contributed by atoms with E-state index in [0.717, 1.165) is 23.9 Å². The van der Waals surface area contributed by atoms with Crippen molar-refractivity contribution in [1.29, 1.82) is 0 Å².